The molecule has 1 aromatic carbocycles. The van der Waals surface area contributed by atoms with Crippen molar-refractivity contribution in [1.29, 1.82) is 0 Å². The minimum absolute atomic E-state index is 0.190. The Morgan fingerprint density at radius 3 is 3.11 bits per heavy atom. The van der Waals surface area contributed by atoms with Crippen LogP contribution in [-0.4, -0.2) is 24.2 Å². The number of nitrogen functional groups attached to an aromatic ring is 1. The Labute approximate surface area is 159 Å². The lowest BCUT2D eigenvalue weighted by Gasteiger charge is -2.15. The summed E-state index contributed by atoms with van der Waals surface area (Å²) in [4.78, 5) is 18.7. The zero-order valence-corrected chi connectivity index (χ0v) is 15.3. The molecule has 5 rings (SSSR count). The van der Waals surface area contributed by atoms with E-state index >= 15 is 0 Å². The number of hydrogen-bond acceptors (Lipinski definition) is 7. The molecule has 0 unspecified atom stereocenters. The standard InChI is InChI=1S/C19H18N4O3S/c20-16-12-6-11-8-21-4-3-13(11)23-19(12)27-17(16)18(24)22-7-10-1-2-14-15(5-10)26-9-25-14/h1-2,5-6,21H,3-4,7-9,20H2,(H,22,24). The fraction of sp³-hybridized carbons (Fsp3) is 0.263. The number of fused-ring (bicyclic) bond motifs is 3. The average molecular weight is 382 g/mol. The third-order valence-electron chi connectivity index (χ3n) is 4.84. The molecule has 0 saturated carbocycles. The molecule has 2 aliphatic heterocycles. The molecule has 8 heteroatoms. The summed E-state index contributed by atoms with van der Waals surface area (Å²) < 4.78 is 10.7. The Balaban J connectivity index is 1.38. The van der Waals surface area contributed by atoms with Crippen molar-refractivity contribution in [2.24, 2.45) is 0 Å². The third kappa shape index (κ3) is 2.87. The van der Waals surface area contributed by atoms with Crippen LogP contribution in [0.25, 0.3) is 10.2 Å². The number of hydrogen-bond donors (Lipinski definition) is 3. The van der Waals surface area contributed by atoms with Crippen LogP contribution in [-0.2, 0) is 19.5 Å². The number of anilines is 1. The maximum absolute atomic E-state index is 12.7. The minimum Gasteiger partial charge on any atom is -0.454 e. The fourth-order valence-corrected chi connectivity index (χ4v) is 4.41. The molecule has 27 heavy (non-hydrogen) atoms. The predicted octanol–water partition coefficient (Wildman–Crippen LogP) is 2.18. The van der Waals surface area contributed by atoms with Gasteiger partial charge in [-0.2, -0.15) is 0 Å². The molecule has 7 nitrogen and oxygen atoms in total. The number of carbonyl (C=O) groups is 1. The van der Waals surface area contributed by atoms with Gasteiger partial charge < -0.3 is 25.8 Å². The first-order valence-electron chi connectivity index (χ1n) is 8.77. The molecule has 1 amide bonds. The summed E-state index contributed by atoms with van der Waals surface area (Å²) in [5, 5.41) is 7.12. The Kier molecular flexibility index (Phi) is 3.87. The van der Waals surface area contributed by atoms with E-state index in [0.717, 1.165) is 52.3 Å². The first-order valence-corrected chi connectivity index (χ1v) is 9.59. The molecule has 0 atom stereocenters. The van der Waals surface area contributed by atoms with E-state index in [1.54, 1.807) is 0 Å². The van der Waals surface area contributed by atoms with Gasteiger partial charge in [-0.15, -0.1) is 11.3 Å². The van der Waals surface area contributed by atoms with Crippen LogP contribution in [0.15, 0.2) is 24.3 Å². The molecule has 4 N–H and O–H groups in total. The Morgan fingerprint density at radius 2 is 2.19 bits per heavy atom. The summed E-state index contributed by atoms with van der Waals surface area (Å²) in [5.74, 6) is 1.24. The van der Waals surface area contributed by atoms with Crippen LogP contribution in [0.3, 0.4) is 0 Å². The molecule has 0 bridgehead atoms. The number of nitrogens with two attached hydrogens (primary N) is 1. The maximum atomic E-state index is 12.7. The second-order valence-corrected chi connectivity index (χ2v) is 7.59. The molecule has 3 aromatic rings. The van der Waals surface area contributed by atoms with Gasteiger partial charge in [0, 0.05) is 37.1 Å². The van der Waals surface area contributed by atoms with Gasteiger partial charge in [0.15, 0.2) is 11.5 Å². The van der Waals surface area contributed by atoms with E-state index < -0.39 is 0 Å². The molecule has 0 fully saturated rings. The van der Waals surface area contributed by atoms with Crippen molar-refractivity contribution in [2.45, 2.75) is 19.5 Å². The molecule has 4 heterocycles. The Bertz CT molecular complexity index is 1060. The van der Waals surface area contributed by atoms with Crippen LogP contribution in [0.1, 0.15) is 26.5 Å². The number of amides is 1. The molecular formula is C19H18N4O3S. The highest BCUT2D eigenvalue weighted by atomic mass is 32.1. The number of nitrogens with zero attached hydrogens (tertiary/aromatic N) is 1. The monoisotopic (exact) mass is 382 g/mol. The molecule has 0 saturated heterocycles. The fourth-order valence-electron chi connectivity index (χ4n) is 3.40. The van der Waals surface area contributed by atoms with Gasteiger partial charge in [0.25, 0.3) is 5.91 Å². The highest BCUT2D eigenvalue weighted by Gasteiger charge is 2.20. The van der Waals surface area contributed by atoms with Crippen LogP contribution >= 0.6 is 11.3 Å². The molecular weight excluding hydrogens is 364 g/mol. The van der Waals surface area contributed by atoms with E-state index in [4.69, 9.17) is 20.2 Å². The average Bonchev–Trinajstić information content (AvgIpc) is 3.28. The van der Waals surface area contributed by atoms with Crippen molar-refractivity contribution in [3.63, 3.8) is 0 Å². The van der Waals surface area contributed by atoms with E-state index in [2.05, 4.69) is 16.7 Å². The largest absolute Gasteiger partial charge is 0.454 e. The van der Waals surface area contributed by atoms with Gasteiger partial charge in [0.05, 0.1) is 5.69 Å². The van der Waals surface area contributed by atoms with Gasteiger partial charge in [-0.1, -0.05) is 6.07 Å². The van der Waals surface area contributed by atoms with Crippen molar-refractivity contribution >= 4 is 33.1 Å². The molecule has 0 aliphatic carbocycles. The number of carbonyl (C=O) groups excluding carboxylic acids is 1. The van der Waals surface area contributed by atoms with Crippen molar-refractivity contribution in [3.8, 4) is 11.5 Å². The topological polar surface area (TPSA) is 98.5 Å². The minimum atomic E-state index is -0.190. The molecule has 0 radical (unpaired) electrons. The highest BCUT2D eigenvalue weighted by Crippen LogP contribution is 2.35. The van der Waals surface area contributed by atoms with Gasteiger partial charge >= 0.3 is 0 Å². The molecule has 138 valence electrons. The first kappa shape index (κ1) is 16.3. The Morgan fingerprint density at radius 1 is 1.30 bits per heavy atom. The summed E-state index contributed by atoms with van der Waals surface area (Å²) in [6, 6.07) is 7.69. The van der Waals surface area contributed by atoms with Crippen LogP contribution in [0, 0.1) is 0 Å². The van der Waals surface area contributed by atoms with Crippen molar-refractivity contribution in [1.82, 2.24) is 15.6 Å². The molecule has 0 spiro atoms. The van der Waals surface area contributed by atoms with Gasteiger partial charge in [-0.25, -0.2) is 4.98 Å². The van der Waals surface area contributed by atoms with E-state index in [0.29, 0.717) is 22.9 Å². The lowest BCUT2D eigenvalue weighted by molar-refractivity contribution is 0.0955. The second kappa shape index (κ2) is 6.40. The van der Waals surface area contributed by atoms with Crippen LogP contribution in [0.4, 0.5) is 5.69 Å². The van der Waals surface area contributed by atoms with Crippen LogP contribution in [0.2, 0.25) is 0 Å². The zero-order chi connectivity index (χ0) is 18.4. The van der Waals surface area contributed by atoms with Crippen LogP contribution in [0.5, 0.6) is 11.5 Å². The molecule has 2 aromatic heterocycles. The van der Waals surface area contributed by atoms with Crippen molar-refractivity contribution < 1.29 is 14.3 Å². The predicted molar refractivity (Wildman–Crippen MR) is 103 cm³/mol. The SMILES string of the molecule is Nc1c(C(=O)NCc2ccc3c(c2)OCO3)sc2nc3c(cc12)CNCC3. The summed E-state index contributed by atoms with van der Waals surface area (Å²) >= 11 is 1.35. The van der Waals surface area contributed by atoms with Crippen molar-refractivity contribution in [2.75, 3.05) is 19.1 Å². The highest BCUT2D eigenvalue weighted by molar-refractivity contribution is 7.21. The van der Waals surface area contributed by atoms with E-state index in [1.165, 1.54) is 11.3 Å². The van der Waals surface area contributed by atoms with Gasteiger partial charge in [-0.3, -0.25) is 4.79 Å². The number of benzene rings is 1. The number of aromatic nitrogens is 1. The lowest BCUT2D eigenvalue weighted by atomic mass is 10.1. The zero-order valence-electron chi connectivity index (χ0n) is 14.5. The number of pyridine rings is 1. The summed E-state index contributed by atoms with van der Waals surface area (Å²) in [7, 11) is 0. The van der Waals surface area contributed by atoms with Gasteiger partial charge in [0.1, 0.15) is 9.71 Å². The molecule has 2 aliphatic rings. The number of thiophene rings is 1. The van der Waals surface area contributed by atoms with Crippen LogP contribution < -0.4 is 25.8 Å². The van der Waals surface area contributed by atoms with Crippen molar-refractivity contribution in [3.05, 3.63) is 46.0 Å². The van der Waals surface area contributed by atoms with E-state index in [9.17, 15) is 4.79 Å². The van der Waals surface area contributed by atoms with Gasteiger partial charge in [0.2, 0.25) is 6.79 Å². The summed E-state index contributed by atoms with van der Waals surface area (Å²) in [6.45, 7) is 2.33. The normalized spacial score (nSPS) is 15.0. The van der Waals surface area contributed by atoms with Gasteiger partial charge in [-0.05, 0) is 29.3 Å². The van der Waals surface area contributed by atoms with E-state index in [1.807, 2.05) is 18.2 Å². The van der Waals surface area contributed by atoms with E-state index in [-0.39, 0.29) is 12.7 Å². The maximum Gasteiger partial charge on any atom is 0.263 e. The second-order valence-electron chi connectivity index (χ2n) is 6.59. The smallest absolute Gasteiger partial charge is 0.263 e. The Hall–Kier alpha value is -2.84. The quantitative estimate of drug-likeness (QED) is 0.642. The number of rotatable bonds is 3. The first-order chi connectivity index (χ1) is 13.2. The number of ether oxygens (including phenoxy) is 2. The summed E-state index contributed by atoms with van der Waals surface area (Å²) in [5.41, 5.74) is 9.95. The number of nitrogens with one attached hydrogen (secondary N) is 2. The summed E-state index contributed by atoms with van der Waals surface area (Å²) in [6.07, 6.45) is 0.898. The third-order valence-corrected chi connectivity index (χ3v) is 5.95. The lowest BCUT2D eigenvalue weighted by Crippen LogP contribution is -2.24.